The third-order valence-corrected chi connectivity index (χ3v) is 6.21. The number of methoxy groups -OCH3 is 2. The largest absolute Gasteiger partial charge is 0.493 e. The average molecular weight is 476 g/mol. The number of hydrogen-bond acceptors (Lipinski definition) is 6. The number of carbonyl (C=O) groups excluding carboxylic acids is 1. The van der Waals surface area contributed by atoms with Crippen molar-refractivity contribution in [2.45, 2.75) is 13.8 Å². The molecule has 0 N–H and O–H groups in total. The first-order chi connectivity index (χ1) is 14.8. The second-order valence-electron chi connectivity index (χ2n) is 7.59. The van der Waals surface area contributed by atoms with Gasteiger partial charge in [-0.1, -0.05) is 23.5 Å². The van der Waals surface area contributed by atoms with Crippen molar-refractivity contribution < 1.29 is 14.3 Å². The van der Waals surface area contributed by atoms with Crippen LogP contribution in [0.25, 0.3) is 16.3 Å². The SMILES string of the molecule is COc1ccc(C=CC(=O)N(CCN(C)C)c2nc3c(C)c(C)ccc3s2)cc1OC.Cl. The lowest BCUT2D eigenvalue weighted by Gasteiger charge is -2.20. The van der Waals surface area contributed by atoms with E-state index in [0.29, 0.717) is 23.2 Å². The Morgan fingerprint density at radius 2 is 1.78 bits per heavy atom. The lowest BCUT2D eigenvalue weighted by Crippen LogP contribution is -2.35. The zero-order valence-electron chi connectivity index (χ0n) is 19.3. The monoisotopic (exact) mass is 475 g/mol. The van der Waals surface area contributed by atoms with Gasteiger partial charge in [0.25, 0.3) is 5.91 Å². The van der Waals surface area contributed by atoms with E-state index in [2.05, 4.69) is 30.9 Å². The van der Waals surface area contributed by atoms with Crippen molar-refractivity contribution in [2.24, 2.45) is 0 Å². The molecule has 1 heterocycles. The quantitative estimate of drug-likeness (QED) is 0.431. The van der Waals surface area contributed by atoms with E-state index < -0.39 is 0 Å². The molecule has 0 aliphatic heterocycles. The number of halogens is 1. The van der Waals surface area contributed by atoms with Crippen LogP contribution in [0, 0.1) is 13.8 Å². The lowest BCUT2D eigenvalue weighted by atomic mass is 10.1. The van der Waals surface area contributed by atoms with E-state index in [9.17, 15) is 4.79 Å². The lowest BCUT2D eigenvalue weighted by molar-refractivity contribution is -0.114. The van der Waals surface area contributed by atoms with Gasteiger partial charge in [0.05, 0.1) is 24.4 Å². The van der Waals surface area contributed by atoms with Gasteiger partial charge in [-0.2, -0.15) is 0 Å². The molecule has 1 amide bonds. The summed E-state index contributed by atoms with van der Waals surface area (Å²) < 4.78 is 11.7. The highest BCUT2D eigenvalue weighted by Gasteiger charge is 2.19. The minimum atomic E-state index is -0.106. The van der Waals surface area contributed by atoms with Crippen LogP contribution in [0.1, 0.15) is 16.7 Å². The molecule has 0 radical (unpaired) electrons. The number of rotatable bonds is 8. The van der Waals surface area contributed by atoms with Gasteiger partial charge < -0.3 is 14.4 Å². The van der Waals surface area contributed by atoms with Crippen LogP contribution in [0.2, 0.25) is 0 Å². The Labute approximate surface area is 199 Å². The number of nitrogens with zero attached hydrogens (tertiary/aromatic N) is 3. The van der Waals surface area contributed by atoms with Crippen LogP contribution in [-0.4, -0.2) is 57.2 Å². The van der Waals surface area contributed by atoms with Crippen LogP contribution in [0.15, 0.2) is 36.4 Å². The van der Waals surface area contributed by atoms with Crippen molar-refractivity contribution in [3.8, 4) is 11.5 Å². The van der Waals surface area contributed by atoms with E-state index in [1.165, 1.54) is 5.56 Å². The average Bonchev–Trinajstić information content (AvgIpc) is 3.19. The van der Waals surface area contributed by atoms with Crippen LogP contribution >= 0.6 is 23.7 Å². The first-order valence-electron chi connectivity index (χ1n) is 10.1. The topological polar surface area (TPSA) is 54.9 Å². The molecule has 0 bridgehead atoms. The van der Waals surface area contributed by atoms with E-state index in [-0.39, 0.29) is 18.3 Å². The maximum absolute atomic E-state index is 13.2. The van der Waals surface area contributed by atoms with Crippen molar-refractivity contribution >= 4 is 51.1 Å². The van der Waals surface area contributed by atoms with Crippen molar-refractivity contribution in [2.75, 3.05) is 46.3 Å². The number of amides is 1. The molecule has 0 saturated heterocycles. The highest BCUT2D eigenvalue weighted by molar-refractivity contribution is 7.22. The van der Waals surface area contributed by atoms with Crippen molar-refractivity contribution in [1.82, 2.24) is 9.88 Å². The zero-order valence-corrected chi connectivity index (χ0v) is 21.0. The molecule has 3 rings (SSSR count). The molecular weight excluding hydrogens is 446 g/mol. The smallest absolute Gasteiger partial charge is 0.252 e. The maximum atomic E-state index is 13.2. The summed E-state index contributed by atoms with van der Waals surface area (Å²) in [5.74, 6) is 1.17. The minimum Gasteiger partial charge on any atom is -0.493 e. The predicted molar refractivity (Wildman–Crippen MR) is 136 cm³/mol. The Kier molecular flexibility index (Phi) is 9.07. The molecule has 2 aromatic carbocycles. The Balaban J connectivity index is 0.00000363. The Morgan fingerprint density at radius 1 is 1.06 bits per heavy atom. The zero-order chi connectivity index (χ0) is 22.5. The van der Waals surface area contributed by atoms with Gasteiger partial charge in [0.1, 0.15) is 0 Å². The number of benzene rings is 2. The number of anilines is 1. The molecule has 0 aliphatic carbocycles. The molecule has 0 fully saturated rings. The van der Waals surface area contributed by atoms with Crippen molar-refractivity contribution in [1.29, 1.82) is 0 Å². The molecule has 32 heavy (non-hydrogen) atoms. The molecule has 8 heteroatoms. The fourth-order valence-electron chi connectivity index (χ4n) is 3.14. The predicted octanol–water partition coefficient (Wildman–Crippen LogP) is 4.96. The molecule has 0 spiro atoms. The molecule has 3 aromatic rings. The van der Waals surface area contributed by atoms with Crippen molar-refractivity contribution in [3.05, 3.63) is 53.1 Å². The van der Waals surface area contributed by atoms with Crippen LogP contribution in [-0.2, 0) is 4.79 Å². The number of aryl methyl sites for hydroxylation is 2. The summed E-state index contributed by atoms with van der Waals surface area (Å²) in [5.41, 5.74) is 4.17. The number of likely N-dealkylation sites (N-methyl/N-ethyl adjacent to an activating group) is 1. The second kappa shape index (κ2) is 11.3. The molecule has 172 valence electrons. The summed E-state index contributed by atoms with van der Waals surface area (Å²) in [4.78, 5) is 21.8. The number of ether oxygens (including phenoxy) is 2. The van der Waals surface area contributed by atoms with Gasteiger partial charge in [0.2, 0.25) is 0 Å². The van der Waals surface area contributed by atoms with E-state index in [1.807, 2.05) is 32.3 Å². The fraction of sp³-hybridized carbons (Fsp3) is 0.333. The molecule has 0 saturated carbocycles. The molecule has 0 aliphatic rings. The first-order valence-corrected chi connectivity index (χ1v) is 10.9. The van der Waals surface area contributed by atoms with Crippen LogP contribution in [0.3, 0.4) is 0 Å². The maximum Gasteiger partial charge on any atom is 0.252 e. The highest BCUT2D eigenvalue weighted by atomic mass is 35.5. The summed E-state index contributed by atoms with van der Waals surface area (Å²) in [6, 6.07) is 9.73. The summed E-state index contributed by atoms with van der Waals surface area (Å²) >= 11 is 1.55. The third kappa shape index (κ3) is 5.79. The van der Waals surface area contributed by atoms with E-state index >= 15 is 0 Å². The van der Waals surface area contributed by atoms with Gasteiger partial charge in [-0.05, 0) is 68.9 Å². The highest BCUT2D eigenvalue weighted by Crippen LogP contribution is 2.32. The molecular formula is C24H30ClN3O3S. The van der Waals surface area contributed by atoms with Gasteiger partial charge in [0, 0.05) is 19.2 Å². The minimum absolute atomic E-state index is 0. The summed E-state index contributed by atoms with van der Waals surface area (Å²) in [6.07, 6.45) is 3.37. The Bertz CT molecular complexity index is 1110. The number of carbonyl (C=O) groups is 1. The van der Waals surface area contributed by atoms with Gasteiger partial charge >= 0.3 is 0 Å². The first kappa shape index (κ1) is 25.6. The standard InChI is InChI=1S/C24H29N3O3S.ClH/c1-16-7-11-21-23(17(16)2)25-24(31-21)27(14-13-26(3)4)22(28)12-9-18-8-10-19(29-5)20(15-18)30-6;/h7-12,15H,13-14H2,1-6H3;1H. The van der Waals surface area contributed by atoms with E-state index in [4.69, 9.17) is 14.5 Å². The van der Waals surface area contributed by atoms with Gasteiger partial charge in [-0.15, -0.1) is 12.4 Å². The summed E-state index contributed by atoms with van der Waals surface area (Å²) in [6.45, 7) is 5.45. The number of thiazole rings is 1. The Morgan fingerprint density at radius 3 is 2.44 bits per heavy atom. The van der Waals surface area contributed by atoms with E-state index in [1.54, 1.807) is 42.6 Å². The van der Waals surface area contributed by atoms with Gasteiger partial charge in [-0.3, -0.25) is 9.69 Å². The second-order valence-corrected chi connectivity index (χ2v) is 8.60. The third-order valence-electron chi connectivity index (χ3n) is 5.17. The molecule has 1 aromatic heterocycles. The molecule has 0 atom stereocenters. The number of hydrogen-bond donors (Lipinski definition) is 0. The normalized spacial score (nSPS) is 11.1. The number of fused-ring (bicyclic) bond motifs is 1. The molecule has 6 nitrogen and oxygen atoms in total. The number of aromatic nitrogens is 1. The van der Waals surface area contributed by atoms with Crippen LogP contribution < -0.4 is 14.4 Å². The van der Waals surface area contributed by atoms with Crippen molar-refractivity contribution in [3.63, 3.8) is 0 Å². The molecule has 0 unspecified atom stereocenters. The van der Waals surface area contributed by atoms with Crippen LogP contribution in [0.4, 0.5) is 5.13 Å². The Hall–Kier alpha value is -2.61. The summed E-state index contributed by atoms with van der Waals surface area (Å²) in [7, 11) is 7.18. The van der Waals surface area contributed by atoms with Gasteiger partial charge in [0.15, 0.2) is 16.6 Å². The van der Waals surface area contributed by atoms with Gasteiger partial charge in [-0.25, -0.2) is 4.98 Å². The summed E-state index contributed by atoms with van der Waals surface area (Å²) in [5, 5.41) is 0.715. The van der Waals surface area contributed by atoms with Crippen LogP contribution in [0.5, 0.6) is 11.5 Å². The fourth-order valence-corrected chi connectivity index (χ4v) is 4.20. The van der Waals surface area contributed by atoms with E-state index in [0.717, 1.165) is 27.9 Å².